The molecule has 0 saturated heterocycles. The fourth-order valence-electron chi connectivity index (χ4n) is 4.64. The summed E-state index contributed by atoms with van der Waals surface area (Å²) in [6.45, 7) is 5.37. The fourth-order valence-corrected chi connectivity index (χ4v) is 4.86. The number of thiol groups is 1. The van der Waals surface area contributed by atoms with Gasteiger partial charge in [-0.2, -0.15) is 12.6 Å². The molecule has 0 rings (SSSR count). The van der Waals surface area contributed by atoms with E-state index in [0.29, 0.717) is 13.2 Å². The molecular formula is C32H62O4S. The van der Waals surface area contributed by atoms with E-state index in [-0.39, 0.29) is 12.4 Å². The predicted molar refractivity (Wildman–Crippen MR) is 161 cm³/mol. The monoisotopic (exact) mass is 542 g/mol. The number of carbonyl (C=O) groups is 2. The van der Waals surface area contributed by atoms with Crippen LogP contribution >= 0.6 is 12.6 Å². The maximum atomic E-state index is 12.1. The predicted octanol–water partition coefficient (Wildman–Crippen LogP) is 10.2. The third-order valence-corrected chi connectivity index (χ3v) is 7.53. The van der Waals surface area contributed by atoms with Crippen LogP contribution in [0.15, 0.2) is 0 Å². The largest absolute Gasteiger partial charge is 0.466 e. The Bertz CT molecular complexity index is 497. The molecule has 37 heavy (non-hydrogen) atoms. The number of esters is 2. The maximum Gasteiger partial charge on any atom is 0.319 e. The number of hydrogen-bond donors (Lipinski definition) is 1. The first-order valence-electron chi connectivity index (χ1n) is 16.1. The van der Waals surface area contributed by atoms with Crippen molar-refractivity contribution in [3.8, 4) is 0 Å². The lowest BCUT2D eigenvalue weighted by atomic mass is 10.1. The van der Waals surface area contributed by atoms with Gasteiger partial charge in [-0.1, -0.05) is 155 Å². The molecule has 0 bridgehead atoms. The molecule has 0 N–H and O–H groups in total. The molecule has 0 fully saturated rings. The van der Waals surface area contributed by atoms with E-state index in [4.69, 9.17) is 9.47 Å². The Morgan fingerprint density at radius 3 is 1.14 bits per heavy atom. The van der Waals surface area contributed by atoms with Gasteiger partial charge in [0.05, 0.1) is 19.6 Å². The van der Waals surface area contributed by atoms with Crippen molar-refractivity contribution < 1.29 is 19.1 Å². The molecule has 0 aliphatic carbocycles. The van der Waals surface area contributed by atoms with E-state index in [9.17, 15) is 9.59 Å². The van der Waals surface area contributed by atoms with E-state index < -0.39 is 11.2 Å². The highest BCUT2D eigenvalue weighted by molar-refractivity contribution is 7.81. The van der Waals surface area contributed by atoms with Crippen LogP contribution in [-0.4, -0.2) is 30.4 Å². The molecule has 220 valence electrons. The highest BCUT2D eigenvalue weighted by Crippen LogP contribution is 2.14. The Labute approximate surface area is 236 Å². The molecule has 0 spiro atoms. The summed E-state index contributed by atoms with van der Waals surface area (Å²) >= 11 is 4.25. The minimum absolute atomic E-state index is 0.0152. The van der Waals surface area contributed by atoms with E-state index in [1.807, 2.05) is 0 Å². The Morgan fingerprint density at radius 2 is 0.784 bits per heavy atom. The standard InChI is InChI=1S/C32H62O4S/c1-3-5-7-9-11-13-15-17-19-21-23-25-27-35-31(33)29-30(37)32(34)36-28-26-24-22-20-18-16-14-12-10-8-6-4-2/h30,37H,3-29H2,1-2H3. The number of ether oxygens (including phenoxy) is 2. The SMILES string of the molecule is CCCCCCCCCCCCCCOC(=O)CC(S)C(=O)OCCCCCCCCCCCCCC. The Hall–Kier alpha value is -0.710. The average Bonchev–Trinajstić information content (AvgIpc) is 2.89. The van der Waals surface area contributed by atoms with Crippen molar-refractivity contribution >= 4 is 24.6 Å². The zero-order valence-corrected chi connectivity index (χ0v) is 25.6. The van der Waals surface area contributed by atoms with Crippen LogP contribution < -0.4 is 0 Å². The highest BCUT2D eigenvalue weighted by atomic mass is 32.1. The minimum atomic E-state index is -0.730. The minimum Gasteiger partial charge on any atom is -0.466 e. The number of carbonyl (C=O) groups excluding carboxylic acids is 2. The Kier molecular flexibility index (Phi) is 29.3. The quantitative estimate of drug-likeness (QED) is 0.0580. The van der Waals surface area contributed by atoms with Gasteiger partial charge >= 0.3 is 11.9 Å². The van der Waals surface area contributed by atoms with Gasteiger partial charge in [0, 0.05) is 0 Å². The van der Waals surface area contributed by atoms with Crippen LogP contribution in [0.3, 0.4) is 0 Å². The molecule has 0 heterocycles. The molecule has 1 atom stereocenters. The lowest BCUT2D eigenvalue weighted by Crippen LogP contribution is -2.23. The van der Waals surface area contributed by atoms with Crippen LogP contribution in [0.2, 0.25) is 0 Å². The smallest absolute Gasteiger partial charge is 0.319 e. The molecule has 0 saturated carbocycles. The molecule has 0 radical (unpaired) electrons. The first kappa shape index (κ1) is 36.3. The van der Waals surface area contributed by atoms with Crippen molar-refractivity contribution in [2.75, 3.05) is 13.2 Å². The van der Waals surface area contributed by atoms with Crippen LogP contribution in [0, 0.1) is 0 Å². The van der Waals surface area contributed by atoms with Crippen molar-refractivity contribution in [1.82, 2.24) is 0 Å². The van der Waals surface area contributed by atoms with Gasteiger partial charge < -0.3 is 9.47 Å². The lowest BCUT2D eigenvalue weighted by molar-refractivity contribution is -0.149. The van der Waals surface area contributed by atoms with Gasteiger partial charge in [-0.3, -0.25) is 9.59 Å². The number of rotatable bonds is 29. The second kappa shape index (κ2) is 29.8. The first-order valence-corrected chi connectivity index (χ1v) is 16.6. The van der Waals surface area contributed by atoms with Crippen molar-refractivity contribution in [2.45, 2.75) is 180 Å². The summed E-state index contributed by atoms with van der Waals surface area (Å²) in [4.78, 5) is 24.0. The van der Waals surface area contributed by atoms with Crippen molar-refractivity contribution in [1.29, 1.82) is 0 Å². The molecule has 0 aliphatic rings. The summed E-state index contributed by atoms with van der Waals surface area (Å²) in [6, 6.07) is 0. The van der Waals surface area contributed by atoms with Crippen molar-refractivity contribution in [2.24, 2.45) is 0 Å². The molecule has 0 aromatic rings. The summed E-state index contributed by atoms with van der Waals surface area (Å²) in [5.41, 5.74) is 0. The zero-order chi connectivity index (χ0) is 27.2. The number of unbranched alkanes of at least 4 members (excludes halogenated alkanes) is 22. The van der Waals surface area contributed by atoms with Gasteiger partial charge in [-0.25, -0.2) is 0 Å². The highest BCUT2D eigenvalue weighted by Gasteiger charge is 2.20. The number of hydrogen-bond acceptors (Lipinski definition) is 5. The molecule has 1 unspecified atom stereocenters. The average molecular weight is 543 g/mol. The Morgan fingerprint density at radius 1 is 0.486 bits per heavy atom. The van der Waals surface area contributed by atoms with Gasteiger partial charge in [0.2, 0.25) is 0 Å². The lowest BCUT2D eigenvalue weighted by Gasteiger charge is -2.11. The van der Waals surface area contributed by atoms with E-state index >= 15 is 0 Å². The van der Waals surface area contributed by atoms with Gasteiger partial charge in [0.1, 0.15) is 5.25 Å². The summed E-state index contributed by atoms with van der Waals surface area (Å²) < 4.78 is 10.6. The van der Waals surface area contributed by atoms with E-state index in [2.05, 4.69) is 26.5 Å². The zero-order valence-electron chi connectivity index (χ0n) is 24.7. The van der Waals surface area contributed by atoms with Crippen molar-refractivity contribution in [3.63, 3.8) is 0 Å². The third-order valence-electron chi connectivity index (χ3n) is 7.14. The van der Waals surface area contributed by atoms with Gasteiger partial charge in [0.15, 0.2) is 0 Å². The Balaban J connectivity index is 3.43. The second-order valence-corrected chi connectivity index (χ2v) is 11.5. The van der Waals surface area contributed by atoms with Crippen LogP contribution in [0.1, 0.15) is 174 Å². The summed E-state index contributed by atoms with van der Waals surface area (Å²) in [7, 11) is 0. The van der Waals surface area contributed by atoms with Crippen molar-refractivity contribution in [3.05, 3.63) is 0 Å². The van der Waals surface area contributed by atoms with Crippen LogP contribution in [0.25, 0.3) is 0 Å². The molecule has 0 aromatic heterocycles. The van der Waals surface area contributed by atoms with Gasteiger partial charge in [0.25, 0.3) is 0 Å². The maximum absolute atomic E-state index is 12.1. The van der Waals surface area contributed by atoms with E-state index in [0.717, 1.165) is 25.7 Å². The first-order chi connectivity index (χ1) is 18.1. The molecular weight excluding hydrogens is 480 g/mol. The van der Waals surface area contributed by atoms with Crippen LogP contribution in [-0.2, 0) is 19.1 Å². The molecule has 0 aliphatic heterocycles. The summed E-state index contributed by atoms with van der Waals surface area (Å²) in [6.07, 6.45) is 30.7. The van der Waals surface area contributed by atoms with Crippen LogP contribution in [0.4, 0.5) is 0 Å². The van der Waals surface area contributed by atoms with Gasteiger partial charge in [-0.15, -0.1) is 0 Å². The van der Waals surface area contributed by atoms with E-state index in [1.165, 1.54) is 128 Å². The summed E-state index contributed by atoms with van der Waals surface area (Å²) in [5, 5.41) is -0.730. The van der Waals surface area contributed by atoms with E-state index in [1.54, 1.807) is 0 Å². The topological polar surface area (TPSA) is 52.6 Å². The molecule has 0 aromatic carbocycles. The normalized spacial score (nSPS) is 12.0. The fraction of sp³-hybridized carbons (Fsp3) is 0.938. The van der Waals surface area contributed by atoms with Crippen LogP contribution in [0.5, 0.6) is 0 Å². The molecule has 5 heteroatoms. The second-order valence-electron chi connectivity index (χ2n) is 10.9. The molecule has 0 amide bonds. The van der Waals surface area contributed by atoms with Gasteiger partial charge in [-0.05, 0) is 12.8 Å². The third kappa shape index (κ3) is 28.1. The summed E-state index contributed by atoms with van der Waals surface area (Å²) in [5.74, 6) is -0.765. The molecule has 4 nitrogen and oxygen atoms in total.